The Labute approximate surface area is 140 Å². The van der Waals surface area contributed by atoms with Crippen LogP contribution in [0.5, 0.6) is 0 Å². The van der Waals surface area contributed by atoms with E-state index in [4.69, 9.17) is 4.74 Å². The highest BCUT2D eigenvalue weighted by molar-refractivity contribution is 7.14. The topological polar surface area (TPSA) is 79.2 Å². The molecule has 1 aromatic rings. The second kappa shape index (κ2) is 8.80. The monoisotopic (exact) mass is 334 g/mol. The van der Waals surface area contributed by atoms with Gasteiger partial charge < -0.3 is 10.1 Å². The molecular formula is C17H22N2O3S. The number of amides is 1. The van der Waals surface area contributed by atoms with Gasteiger partial charge in [-0.15, -0.1) is 11.3 Å². The number of hydrogen-bond donors (Lipinski definition) is 1. The Balaban J connectivity index is 2.02. The largest absolute Gasteiger partial charge is 0.385 e. The van der Waals surface area contributed by atoms with Crippen LogP contribution in [0.25, 0.3) is 0 Å². The lowest BCUT2D eigenvalue weighted by Crippen LogP contribution is -2.35. The van der Waals surface area contributed by atoms with E-state index >= 15 is 0 Å². The normalized spacial score (nSPS) is 15.1. The van der Waals surface area contributed by atoms with E-state index in [2.05, 4.69) is 5.32 Å². The minimum absolute atomic E-state index is 0.380. The third kappa shape index (κ3) is 4.63. The first-order valence-electron chi connectivity index (χ1n) is 7.99. The van der Waals surface area contributed by atoms with E-state index in [1.165, 1.54) is 28.2 Å². The first-order valence-corrected chi connectivity index (χ1v) is 8.81. The Hall–Kier alpha value is -1.71. The van der Waals surface area contributed by atoms with Gasteiger partial charge in [-0.2, -0.15) is 5.26 Å². The summed E-state index contributed by atoms with van der Waals surface area (Å²) >= 11 is 1.45. The van der Waals surface area contributed by atoms with Gasteiger partial charge in [0.1, 0.15) is 0 Å². The van der Waals surface area contributed by atoms with Crippen LogP contribution in [0, 0.1) is 17.2 Å². The number of ketones is 1. The van der Waals surface area contributed by atoms with Crippen LogP contribution in [0.2, 0.25) is 0 Å². The molecule has 124 valence electrons. The molecule has 6 heteroatoms. The number of carbonyl (C=O) groups is 2. The van der Waals surface area contributed by atoms with Crippen molar-refractivity contribution in [1.82, 2.24) is 5.32 Å². The number of fused-ring (bicyclic) bond motifs is 1. The highest BCUT2D eigenvalue weighted by Crippen LogP contribution is 2.30. The second-order valence-electron chi connectivity index (χ2n) is 5.68. The van der Waals surface area contributed by atoms with Gasteiger partial charge in [0.25, 0.3) is 0 Å². The molecule has 1 aliphatic rings. The van der Waals surface area contributed by atoms with Gasteiger partial charge in [0, 0.05) is 25.1 Å². The SMILES string of the molecule is COCCCNC(=O)C(C#N)C(=O)c1cc2c(s1)CCCCC2. The Bertz CT molecular complexity index is 580. The molecule has 0 radical (unpaired) electrons. The number of nitrogens with one attached hydrogen (secondary N) is 1. The van der Waals surface area contributed by atoms with E-state index in [0.29, 0.717) is 24.4 Å². The number of nitriles is 1. The molecule has 0 aromatic carbocycles. The average molecular weight is 334 g/mol. The lowest BCUT2D eigenvalue weighted by Gasteiger charge is -2.08. The van der Waals surface area contributed by atoms with Gasteiger partial charge in [0.15, 0.2) is 11.7 Å². The number of hydrogen-bond acceptors (Lipinski definition) is 5. The minimum Gasteiger partial charge on any atom is -0.385 e. The molecule has 0 fully saturated rings. The molecule has 0 saturated heterocycles. The predicted molar refractivity (Wildman–Crippen MR) is 88.5 cm³/mol. The molecule has 0 aliphatic heterocycles. The number of carbonyl (C=O) groups excluding carboxylic acids is 2. The van der Waals surface area contributed by atoms with E-state index < -0.39 is 11.8 Å². The molecule has 2 rings (SSSR count). The van der Waals surface area contributed by atoms with Gasteiger partial charge in [0.2, 0.25) is 5.91 Å². The fourth-order valence-corrected chi connectivity index (χ4v) is 3.92. The van der Waals surface area contributed by atoms with Crippen LogP contribution in [0.1, 0.15) is 45.8 Å². The predicted octanol–water partition coefficient (Wildman–Crippen LogP) is 2.49. The molecule has 5 nitrogen and oxygen atoms in total. The van der Waals surface area contributed by atoms with E-state index in [-0.39, 0.29) is 5.78 Å². The zero-order chi connectivity index (χ0) is 16.7. The molecular weight excluding hydrogens is 312 g/mol. The minimum atomic E-state index is -1.26. The van der Waals surface area contributed by atoms with Crippen molar-refractivity contribution in [3.63, 3.8) is 0 Å². The third-order valence-electron chi connectivity index (χ3n) is 3.97. The maximum atomic E-state index is 12.5. The molecule has 0 bridgehead atoms. The lowest BCUT2D eigenvalue weighted by molar-refractivity contribution is -0.122. The summed E-state index contributed by atoms with van der Waals surface area (Å²) in [6.45, 7) is 0.933. The van der Waals surface area contributed by atoms with Crippen molar-refractivity contribution in [1.29, 1.82) is 5.26 Å². The molecule has 23 heavy (non-hydrogen) atoms. The molecule has 1 N–H and O–H groups in total. The summed E-state index contributed by atoms with van der Waals surface area (Å²) in [7, 11) is 1.59. The second-order valence-corrected chi connectivity index (χ2v) is 6.82. The smallest absolute Gasteiger partial charge is 0.245 e. The summed E-state index contributed by atoms with van der Waals surface area (Å²) in [5.74, 6) is -2.16. The van der Waals surface area contributed by atoms with Gasteiger partial charge >= 0.3 is 0 Å². The van der Waals surface area contributed by atoms with Crippen LogP contribution in [-0.2, 0) is 22.4 Å². The zero-order valence-corrected chi connectivity index (χ0v) is 14.2. The Morgan fingerprint density at radius 2 is 2.17 bits per heavy atom. The van der Waals surface area contributed by atoms with Gasteiger partial charge in [-0.1, -0.05) is 6.42 Å². The molecule has 1 aromatic heterocycles. The molecule has 1 atom stereocenters. The standard InChI is InChI=1S/C17H22N2O3S/c1-22-9-5-8-19-17(21)13(11-18)16(20)15-10-12-6-3-2-4-7-14(12)23-15/h10,13H,2-9H2,1H3,(H,19,21). The fourth-order valence-electron chi connectivity index (χ4n) is 2.70. The van der Waals surface area contributed by atoms with Crippen LogP contribution in [0.3, 0.4) is 0 Å². The molecule has 1 heterocycles. The maximum absolute atomic E-state index is 12.5. The highest BCUT2D eigenvalue weighted by Gasteiger charge is 2.29. The van der Waals surface area contributed by atoms with Crippen LogP contribution in [0.15, 0.2) is 6.07 Å². The Morgan fingerprint density at radius 1 is 1.39 bits per heavy atom. The quantitative estimate of drug-likeness (QED) is 0.360. The zero-order valence-electron chi connectivity index (χ0n) is 13.4. The Morgan fingerprint density at radius 3 is 2.91 bits per heavy atom. The van der Waals surface area contributed by atoms with Crippen molar-refractivity contribution in [2.24, 2.45) is 5.92 Å². The van der Waals surface area contributed by atoms with Crippen LogP contribution in [-0.4, -0.2) is 32.0 Å². The first kappa shape index (κ1) is 17.6. The summed E-state index contributed by atoms with van der Waals surface area (Å²) in [4.78, 5) is 26.3. The van der Waals surface area contributed by atoms with Crippen LogP contribution in [0.4, 0.5) is 0 Å². The molecule has 1 aliphatic carbocycles. The summed E-state index contributed by atoms with van der Waals surface area (Å²) in [6.07, 6.45) is 6.13. The number of Topliss-reactive ketones (excluding diaryl/α,β-unsaturated/α-hetero) is 1. The summed E-state index contributed by atoms with van der Waals surface area (Å²) in [5, 5.41) is 11.9. The number of rotatable bonds is 7. The van der Waals surface area contributed by atoms with E-state index in [1.807, 2.05) is 12.1 Å². The van der Waals surface area contributed by atoms with Crippen molar-refractivity contribution < 1.29 is 14.3 Å². The number of aryl methyl sites for hydroxylation is 2. The Kier molecular flexibility index (Phi) is 6.75. The number of methoxy groups -OCH3 is 1. The van der Waals surface area contributed by atoms with Crippen molar-refractivity contribution in [2.45, 2.75) is 38.5 Å². The average Bonchev–Trinajstić information content (AvgIpc) is 2.83. The summed E-state index contributed by atoms with van der Waals surface area (Å²) < 4.78 is 4.90. The summed E-state index contributed by atoms with van der Waals surface area (Å²) in [6, 6.07) is 3.73. The number of ether oxygens (including phenoxy) is 1. The van der Waals surface area contributed by atoms with Crippen molar-refractivity contribution in [3.05, 3.63) is 21.4 Å². The van der Waals surface area contributed by atoms with E-state index in [1.54, 1.807) is 7.11 Å². The van der Waals surface area contributed by atoms with Gasteiger partial charge in [-0.25, -0.2) is 0 Å². The van der Waals surface area contributed by atoms with Crippen LogP contribution >= 0.6 is 11.3 Å². The van der Waals surface area contributed by atoms with Crippen LogP contribution < -0.4 is 5.32 Å². The van der Waals surface area contributed by atoms with Crippen molar-refractivity contribution in [2.75, 3.05) is 20.3 Å². The fraction of sp³-hybridized carbons (Fsp3) is 0.588. The van der Waals surface area contributed by atoms with Gasteiger partial charge in [-0.3, -0.25) is 9.59 Å². The van der Waals surface area contributed by atoms with Gasteiger partial charge in [-0.05, 0) is 43.7 Å². The number of nitrogens with zero attached hydrogens (tertiary/aromatic N) is 1. The molecule has 0 spiro atoms. The number of thiophene rings is 1. The molecule has 0 saturated carbocycles. The third-order valence-corrected chi connectivity index (χ3v) is 5.22. The molecule has 1 amide bonds. The maximum Gasteiger partial charge on any atom is 0.245 e. The van der Waals surface area contributed by atoms with Crippen molar-refractivity contribution in [3.8, 4) is 6.07 Å². The molecule has 1 unspecified atom stereocenters. The van der Waals surface area contributed by atoms with Gasteiger partial charge in [0.05, 0.1) is 10.9 Å². The van der Waals surface area contributed by atoms with E-state index in [0.717, 1.165) is 25.7 Å². The van der Waals surface area contributed by atoms with E-state index in [9.17, 15) is 14.9 Å². The lowest BCUT2D eigenvalue weighted by atomic mass is 10.0. The highest BCUT2D eigenvalue weighted by atomic mass is 32.1. The van der Waals surface area contributed by atoms with Crippen molar-refractivity contribution >= 4 is 23.0 Å². The first-order chi connectivity index (χ1) is 11.2. The summed E-state index contributed by atoms with van der Waals surface area (Å²) in [5.41, 5.74) is 1.22.